The summed E-state index contributed by atoms with van der Waals surface area (Å²) in [6.07, 6.45) is 8.78. The van der Waals surface area contributed by atoms with Crippen molar-refractivity contribution in [1.29, 1.82) is 0 Å². The van der Waals surface area contributed by atoms with Crippen molar-refractivity contribution in [1.82, 2.24) is 10.2 Å². The van der Waals surface area contributed by atoms with Crippen LogP contribution in [0.15, 0.2) is 18.3 Å². The molecule has 0 bridgehead atoms. The van der Waals surface area contributed by atoms with E-state index in [4.69, 9.17) is 4.74 Å². The first kappa shape index (κ1) is 14.1. The zero-order valence-electron chi connectivity index (χ0n) is 12.7. The highest BCUT2D eigenvalue weighted by Gasteiger charge is 2.37. The Hall–Kier alpha value is -1.84. The van der Waals surface area contributed by atoms with Crippen LogP contribution in [-0.4, -0.2) is 23.6 Å². The first-order valence-electron chi connectivity index (χ1n) is 7.64. The molecule has 1 aromatic carbocycles. The molecule has 0 saturated heterocycles. The fourth-order valence-electron chi connectivity index (χ4n) is 3.70. The Bertz CT molecular complexity index is 641. The third-order valence-electron chi connectivity index (χ3n) is 5.01. The lowest BCUT2D eigenvalue weighted by Crippen LogP contribution is -2.29. The van der Waals surface area contributed by atoms with Crippen molar-refractivity contribution < 1.29 is 9.53 Å². The van der Waals surface area contributed by atoms with Crippen LogP contribution in [0.25, 0.3) is 10.9 Å². The molecule has 2 aromatic rings. The molecule has 4 heteroatoms. The molecule has 1 aliphatic rings. The maximum Gasteiger partial charge on any atom is 0.128 e. The number of benzene rings is 1. The Morgan fingerprint density at radius 1 is 1.33 bits per heavy atom. The van der Waals surface area contributed by atoms with E-state index in [9.17, 15) is 4.79 Å². The van der Waals surface area contributed by atoms with E-state index in [-0.39, 0.29) is 11.3 Å². The largest absolute Gasteiger partial charge is 0.497 e. The molecule has 0 aliphatic heterocycles. The number of nitrogens with one attached hydrogen (secondary N) is 1. The van der Waals surface area contributed by atoms with Crippen LogP contribution in [0, 0.1) is 5.41 Å². The standard InChI is InChI=1S/C17H22N2O2/c1-17(6-4-3-5-7-17)15(11-20)14-9-13(21-2)8-12-10-18-19-16(12)14/h8-11,15H,3-7H2,1-2H3,(H,18,19). The summed E-state index contributed by atoms with van der Waals surface area (Å²) >= 11 is 0. The van der Waals surface area contributed by atoms with Gasteiger partial charge < -0.3 is 9.53 Å². The molecule has 1 atom stereocenters. The monoisotopic (exact) mass is 286 g/mol. The van der Waals surface area contributed by atoms with Crippen LogP contribution in [0.5, 0.6) is 5.75 Å². The van der Waals surface area contributed by atoms with Gasteiger partial charge in [0, 0.05) is 11.3 Å². The number of hydrogen-bond acceptors (Lipinski definition) is 3. The van der Waals surface area contributed by atoms with Crippen molar-refractivity contribution in [2.24, 2.45) is 5.41 Å². The van der Waals surface area contributed by atoms with Crippen LogP contribution in [0.4, 0.5) is 0 Å². The van der Waals surface area contributed by atoms with Crippen LogP contribution in [0.1, 0.15) is 50.5 Å². The van der Waals surface area contributed by atoms with Gasteiger partial charge >= 0.3 is 0 Å². The first-order valence-corrected chi connectivity index (χ1v) is 7.64. The number of aldehydes is 1. The van der Waals surface area contributed by atoms with Gasteiger partial charge in [0.05, 0.1) is 18.8 Å². The third kappa shape index (κ3) is 2.43. The average Bonchev–Trinajstić information content (AvgIpc) is 2.96. The average molecular weight is 286 g/mol. The molecule has 1 fully saturated rings. The van der Waals surface area contributed by atoms with Gasteiger partial charge in [0.25, 0.3) is 0 Å². The molecule has 1 aliphatic carbocycles. The lowest BCUT2D eigenvalue weighted by Gasteiger charge is -2.38. The van der Waals surface area contributed by atoms with Crippen LogP contribution in [-0.2, 0) is 4.79 Å². The number of H-pyrrole nitrogens is 1. The van der Waals surface area contributed by atoms with Crippen LogP contribution >= 0.6 is 0 Å². The zero-order chi connectivity index (χ0) is 14.9. The number of carbonyl (C=O) groups is 1. The number of ether oxygens (including phenoxy) is 1. The summed E-state index contributed by atoms with van der Waals surface area (Å²) in [7, 11) is 1.66. The predicted molar refractivity (Wildman–Crippen MR) is 82.6 cm³/mol. The molecular weight excluding hydrogens is 264 g/mol. The highest BCUT2D eigenvalue weighted by atomic mass is 16.5. The Kier molecular flexibility index (Phi) is 3.70. The molecule has 1 aromatic heterocycles. The van der Waals surface area contributed by atoms with Gasteiger partial charge in [0.1, 0.15) is 12.0 Å². The first-order chi connectivity index (χ1) is 10.2. The molecule has 0 spiro atoms. The van der Waals surface area contributed by atoms with E-state index in [1.807, 2.05) is 12.1 Å². The molecule has 21 heavy (non-hydrogen) atoms. The van der Waals surface area contributed by atoms with Crippen LogP contribution in [0.2, 0.25) is 0 Å². The minimum absolute atomic E-state index is 0.0321. The smallest absolute Gasteiger partial charge is 0.128 e. The Morgan fingerprint density at radius 2 is 2.10 bits per heavy atom. The van der Waals surface area contributed by atoms with E-state index < -0.39 is 0 Å². The van der Waals surface area contributed by atoms with Crippen molar-refractivity contribution in [3.05, 3.63) is 23.9 Å². The van der Waals surface area contributed by atoms with Crippen LogP contribution < -0.4 is 4.74 Å². The maximum absolute atomic E-state index is 11.9. The minimum Gasteiger partial charge on any atom is -0.497 e. The Labute approximate surface area is 124 Å². The third-order valence-corrected chi connectivity index (χ3v) is 5.01. The minimum atomic E-state index is -0.115. The van der Waals surface area contributed by atoms with Crippen molar-refractivity contribution in [3.8, 4) is 5.75 Å². The van der Waals surface area contributed by atoms with Crippen LogP contribution in [0.3, 0.4) is 0 Å². The lowest BCUT2D eigenvalue weighted by atomic mass is 9.65. The van der Waals surface area contributed by atoms with Gasteiger partial charge in [-0.3, -0.25) is 5.10 Å². The van der Waals surface area contributed by atoms with E-state index in [0.29, 0.717) is 0 Å². The quantitative estimate of drug-likeness (QED) is 0.869. The second-order valence-electron chi connectivity index (χ2n) is 6.38. The summed E-state index contributed by atoms with van der Waals surface area (Å²) in [6, 6.07) is 3.94. The fraction of sp³-hybridized carbons (Fsp3) is 0.529. The van der Waals surface area contributed by atoms with E-state index in [1.54, 1.807) is 13.3 Å². The molecule has 1 N–H and O–H groups in total. The summed E-state index contributed by atoms with van der Waals surface area (Å²) in [5.41, 5.74) is 2.01. The number of nitrogens with zero attached hydrogens (tertiary/aromatic N) is 1. The number of aromatic amines is 1. The van der Waals surface area contributed by atoms with Gasteiger partial charge in [-0.2, -0.15) is 5.10 Å². The summed E-state index contributed by atoms with van der Waals surface area (Å²) in [5.74, 6) is 0.668. The number of methoxy groups -OCH3 is 1. The van der Waals surface area contributed by atoms with Gasteiger partial charge in [-0.15, -0.1) is 0 Å². The second kappa shape index (κ2) is 5.51. The molecule has 112 valence electrons. The lowest BCUT2D eigenvalue weighted by molar-refractivity contribution is -0.112. The summed E-state index contributed by atoms with van der Waals surface area (Å²) in [5, 5.41) is 8.17. The van der Waals surface area contributed by atoms with E-state index in [1.165, 1.54) is 19.3 Å². The van der Waals surface area contributed by atoms with E-state index in [0.717, 1.165) is 41.3 Å². The number of hydrogen-bond donors (Lipinski definition) is 1. The second-order valence-corrected chi connectivity index (χ2v) is 6.38. The fourth-order valence-corrected chi connectivity index (χ4v) is 3.70. The molecule has 4 nitrogen and oxygen atoms in total. The van der Waals surface area contributed by atoms with Crippen molar-refractivity contribution in [3.63, 3.8) is 0 Å². The van der Waals surface area contributed by atoms with Crippen molar-refractivity contribution >= 4 is 17.2 Å². The topological polar surface area (TPSA) is 55.0 Å². The number of aromatic nitrogens is 2. The molecule has 1 unspecified atom stereocenters. The molecule has 3 rings (SSSR count). The molecule has 1 heterocycles. The van der Waals surface area contributed by atoms with E-state index in [2.05, 4.69) is 17.1 Å². The Morgan fingerprint density at radius 3 is 2.76 bits per heavy atom. The van der Waals surface area contributed by atoms with Gasteiger partial charge in [-0.25, -0.2) is 0 Å². The maximum atomic E-state index is 11.9. The summed E-state index contributed by atoms with van der Waals surface area (Å²) < 4.78 is 5.39. The zero-order valence-corrected chi connectivity index (χ0v) is 12.7. The summed E-state index contributed by atoms with van der Waals surface area (Å²) in [4.78, 5) is 11.9. The molecule has 0 amide bonds. The van der Waals surface area contributed by atoms with E-state index >= 15 is 0 Å². The molecule has 0 radical (unpaired) electrons. The predicted octanol–water partition coefficient (Wildman–Crippen LogP) is 3.82. The molecule has 1 saturated carbocycles. The number of rotatable bonds is 4. The van der Waals surface area contributed by atoms with Gasteiger partial charge in [0.2, 0.25) is 0 Å². The van der Waals surface area contributed by atoms with Gasteiger partial charge in [-0.05, 0) is 36.0 Å². The highest BCUT2D eigenvalue weighted by molar-refractivity contribution is 5.86. The summed E-state index contributed by atoms with van der Waals surface area (Å²) in [6.45, 7) is 2.24. The SMILES string of the molecule is COc1cc(C(C=O)C2(C)CCCCC2)c2[nH]ncc2c1. The Balaban J connectivity index is 2.11. The van der Waals surface area contributed by atoms with Crippen molar-refractivity contribution in [2.45, 2.75) is 44.9 Å². The van der Waals surface area contributed by atoms with Gasteiger partial charge in [0.15, 0.2) is 0 Å². The number of carbonyl (C=O) groups excluding carboxylic acids is 1. The normalized spacial score (nSPS) is 19.3. The number of fused-ring (bicyclic) bond motifs is 1. The highest BCUT2D eigenvalue weighted by Crippen LogP contribution is 2.47. The van der Waals surface area contributed by atoms with Gasteiger partial charge in [-0.1, -0.05) is 26.2 Å². The molecular formula is C17H22N2O2. The van der Waals surface area contributed by atoms with Crippen molar-refractivity contribution in [2.75, 3.05) is 7.11 Å².